The lowest BCUT2D eigenvalue weighted by Crippen LogP contribution is -2.45. The van der Waals surface area contributed by atoms with Crippen LogP contribution in [0.15, 0.2) is 48.5 Å². The number of hydrogen-bond donors (Lipinski definition) is 1. The molecule has 1 unspecified atom stereocenters. The Bertz CT molecular complexity index is 945. The number of imide groups is 1. The van der Waals surface area contributed by atoms with Crippen molar-refractivity contribution in [2.75, 3.05) is 13.2 Å². The van der Waals surface area contributed by atoms with Gasteiger partial charge in [0.2, 0.25) is 0 Å². The number of rotatable bonds is 3. The van der Waals surface area contributed by atoms with E-state index in [2.05, 4.69) is 49.2 Å². The van der Waals surface area contributed by atoms with E-state index in [1.807, 2.05) is 30.3 Å². The fourth-order valence-corrected chi connectivity index (χ4v) is 4.20. The van der Waals surface area contributed by atoms with Gasteiger partial charge in [0.15, 0.2) is 0 Å². The summed E-state index contributed by atoms with van der Waals surface area (Å²) in [5.74, 6) is -0.190. The van der Waals surface area contributed by atoms with Crippen molar-refractivity contribution in [1.82, 2.24) is 15.1 Å². The summed E-state index contributed by atoms with van der Waals surface area (Å²) >= 11 is 0. The summed E-state index contributed by atoms with van der Waals surface area (Å²) in [6.07, 6.45) is 0.936. The number of fused-ring (bicyclic) bond motifs is 1. The van der Waals surface area contributed by atoms with Gasteiger partial charge in [-0.15, -0.1) is 0 Å². The molecule has 1 N–H and O–H groups in total. The average molecular weight is 392 g/mol. The summed E-state index contributed by atoms with van der Waals surface area (Å²) in [6, 6.07) is 16.0. The minimum Gasteiger partial charge on any atom is -0.319 e. The SMILES string of the molecule is CC(C)(C)c1ccc(C2(C)NC(=O)N(CN3CCc4ccccc4C3)C2=O)cc1. The molecule has 29 heavy (non-hydrogen) atoms. The maximum atomic E-state index is 13.3. The van der Waals surface area contributed by atoms with E-state index in [-0.39, 0.29) is 17.4 Å². The highest BCUT2D eigenvalue weighted by atomic mass is 16.2. The molecule has 1 atom stereocenters. The van der Waals surface area contributed by atoms with Crippen molar-refractivity contribution >= 4 is 11.9 Å². The molecule has 4 rings (SSSR count). The summed E-state index contributed by atoms with van der Waals surface area (Å²) in [5, 5.41) is 2.92. The predicted octanol–water partition coefficient (Wildman–Crippen LogP) is 3.77. The molecule has 5 heteroatoms. The van der Waals surface area contributed by atoms with E-state index in [0.717, 1.165) is 25.1 Å². The van der Waals surface area contributed by atoms with Gasteiger partial charge in [0.1, 0.15) is 5.54 Å². The lowest BCUT2D eigenvalue weighted by Gasteiger charge is -2.31. The Morgan fingerprint density at radius 3 is 2.31 bits per heavy atom. The van der Waals surface area contributed by atoms with Gasteiger partial charge >= 0.3 is 6.03 Å². The number of carbonyl (C=O) groups is 2. The molecule has 0 bridgehead atoms. The number of carbonyl (C=O) groups excluding carboxylic acids is 2. The standard InChI is InChI=1S/C24H29N3O2/c1-23(2,3)19-9-11-20(12-10-19)24(4)21(28)27(22(29)25-24)16-26-14-13-17-7-5-6-8-18(17)15-26/h5-12H,13-16H2,1-4H3,(H,25,29). The van der Waals surface area contributed by atoms with Crippen LogP contribution in [0.5, 0.6) is 0 Å². The van der Waals surface area contributed by atoms with E-state index in [0.29, 0.717) is 6.67 Å². The third kappa shape index (κ3) is 3.55. The van der Waals surface area contributed by atoms with Gasteiger partial charge in [0, 0.05) is 13.1 Å². The molecule has 5 nitrogen and oxygen atoms in total. The Balaban J connectivity index is 1.51. The molecule has 2 heterocycles. The molecule has 2 aliphatic rings. The fourth-order valence-electron chi connectivity index (χ4n) is 4.20. The number of nitrogens with zero attached hydrogens (tertiary/aromatic N) is 2. The van der Waals surface area contributed by atoms with Crippen LogP contribution in [0.25, 0.3) is 0 Å². The average Bonchev–Trinajstić information content (AvgIpc) is 2.91. The second kappa shape index (κ2) is 6.99. The van der Waals surface area contributed by atoms with Crippen LogP contribution in [-0.2, 0) is 28.7 Å². The van der Waals surface area contributed by atoms with Gasteiger partial charge in [-0.3, -0.25) is 9.69 Å². The molecule has 2 aromatic carbocycles. The third-order valence-corrected chi connectivity index (χ3v) is 6.15. The van der Waals surface area contributed by atoms with Crippen molar-refractivity contribution < 1.29 is 9.59 Å². The number of hydrogen-bond acceptors (Lipinski definition) is 3. The van der Waals surface area contributed by atoms with Crippen molar-refractivity contribution in [3.05, 3.63) is 70.8 Å². The van der Waals surface area contributed by atoms with E-state index < -0.39 is 5.54 Å². The second-order valence-corrected chi connectivity index (χ2v) is 9.33. The molecule has 152 valence electrons. The number of nitrogens with one attached hydrogen (secondary N) is 1. The molecule has 0 aliphatic carbocycles. The van der Waals surface area contributed by atoms with Crippen LogP contribution in [0.2, 0.25) is 0 Å². The normalized spacial score (nSPS) is 22.6. The van der Waals surface area contributed by atoms with Crippen LogP contribution < -0.4 is 5.32 Å². The summed E-state index contributed by atoms with van der Waals surface area (Å²) in [6.45, 7) is 10.2. The molecule has 0 saturated carbocycles. The van der Waals surface area contributed by atoms with Crippen molar-refractivity contribution in [2.24, 2.45) is 0 Å². The maximum absolute atomic E-state index is 13.3. The lowest BCUT2D eigenvalue weighted by molar-refractivity contribution is -0.132. The first-order chi connectivity index (χ1) is 13.7. The number of urea groups is 1. The van der Waals surface area contributed by atoms with Crippen LogP contribution in [0.1, 0.15) is 49.9 Å². The Morgan fingerprint density at radius 2 is 1.66 bits per heavy atom. The first kappa shape index (κ1) is 19.6. The molecule has 1 saturated heterocycles. The van der Waals surface area contributed by atoms with Gasteiger partial charge < -0.3 is 5.32 Å². The Morgan fingerprint density at radius 1 is 1.00 bits per heavy atom. The first-order valence-corrected chi connectivity index (χ1v) is 10.2. The Kier molecular flexibility index (Phi) is 4.74. The molecule has 0 aromatic heterocycles. The highest BCUT2D eigenvalue weighted by molar-refractivity contribution is 6.07. The summed E-state index contributed by atoms with van der Waals surface area (Å²) in [7, 11) is 0. The van der Waals surface area contributed by atoms with E-state index in [1.54, 1.807) is 6.92 Å². The minimum absolute atomic E-state index is 0.0406. The van der Waals surface area contributed by atoms with Crippen molar-refractivity contribution in [1.29, 1.82) is 0 Å². The molecule has 2 aromatic rings. The molecule has 1 fully saturated rings. The van der Waals surface area contributed by atoms with Gasteiger partial charge in [0.25, 0.3) is 5.91 Å². The summed E-state index contributed by atoms with van der Waals surface area (Å²) < 4.78 is 0. The quantitative estimate of drug-likeness (QED) is 0.811. The van der Waals surface area contributed by atoms with Crippen molar-refractivity contribution in [3.8, 4) is 0 Å². The van der Waals surface area contributed by atoms with Crippen LogP contribution in [0.4, 0.5) is 4.79 Å². The van der Waals surface area contributed by atoms with Crippen LogP contribution >= 0.6 is 0 Å². The van der Waals surface area contributed by atoms with Gasteiger partial charge in [-0.05, 0) is 41.0 Å². The second-order valence-electron chi connectivity index (χ2n) is 9.33. The molecular formula is C24H29N3O2. The van der Waals surface area contributed by atoms with Crippen LogP contribution in [-0.4, -0.2) is 35.0 Å². The highest BCUT2D eigenvalue weighted by Crippen LogP contribution is 2.31. The first-order valence-electron chi connectivity index (χ1n) is 10.2. The zero-order valence-corrected chi connectivity index (χ0v) is 17.7. The van der Waals surface area contributed by atoms with Crippen LogP contribution in [0, 0.1) is 0 Å². The van der Waals surface area contributed by atoms with Crippen molar-refractivity contribution in [2.45, 2.75) is 51.6 Å². The molecule has 2 aliphatic heterocycles. The molecule has 0 spiro atoms. The topological polar surface area (TPSA) is 52.7 Å². The molecule has 0 radical (unpaired) electrons. The third-order valence-electron chi connectivity index (χ3n) is 6.15. The minimum atomic E-state index is -1.03. The predicted molar refractivity (Wildman–Crippen MR) is 113 cm³/mol. The van der Waals surface area contributed by atoms with Gasteiger partial charge in [0.05, 0.1) is 6.67 Å². The van der Waals surface area contributed by atoms with Gasteiger partial charge in [-0.2, -0.15) is 0 Å². The fraction of sp³-hybridized carbons (Fsp3) is 0.417. The van der Waals surface area contributed by atoms with E-state index in [1.165, 1.54) is 21.6 Å². The zero-order chi connectivity index (χ0) is 20.8. The summed E-state index contributed by atoms with van der Waals surface area (Å²) in [5.41, 5.74) is 3.65. The summed E-state index contributed by atoms with van der Waals surface area (Å²) in [4.78, 5) is 29.5. The molecular weight excluding hydrogens is 362 g/mol. The highest BCUT2D eigenvalue weighted by Gasteiger charge is 2.49. The molecule has 3 amide bonds. The Labute approximate surface area is 172 Å². The van der Waals surface area contributed by atoms with E-state index >= 15 is 0 Å². The zero-order valence-electron chi connectivity index (χ0n) is 17.7. The van der Waals surface area contributed by atoms with Gasteiger partial charge in [-0.25, -0.2) is 9.69 Å². The van der Waals surface area contributed by atoms with Crippen LogP contribution in [0.3, 0.4) is 0 Å². The van der Waals surface area contributed by atoms with E-state index in [9.17, 15) is 9.59 Å². The number of amides is 3. The number of benzene rings is 2. The monoisotopic (exact) mass is 391 g/mol. The lowest BCUT2D eigenvalue weighted by atomic mass is 9.84. The van der Waals surface area contributed by atoms with E-state index in [4.69, 9.17) is 0 Å². The Hall–Kier alpha value is -2.66. The largest absolute Gasteiger partial charge is 0.326 e. The van der Waals surface area contributed by atoms with Crippen molar-refractivity contribution in [3.63, 3.8) is 0 Å². The smallest absolute Gasteiger partial charge is 0.319 e. The maximum Gasteiger partial charge on any atom is 0.326 e. The van der Waals surface area contributed by atoms with Gasteiger partial charge in [-0.1, -0.05) is 69.3 Å².